The van der Waals surface area contributed by atoms with E-state index in [1.807, 2.05) is 22.8 Å². The highest BCUT2D eigenvalue weighted by Crippen LogP contribution is 2.57. The Hall–Kier alpha value is -2.10. The fourth-order valence-electron chi connectivity index (χ4n) is 5.24. The molecular formula is C19H20N2O2. The molecule has 3 aliphatic heterocycles. The summed E-state index contributed by atoms with van der Waals surface area (Å²) >= 11 is 0. The SMILES string of the molecule is CCC12CCC(=O)N3CCc4c(n(c5ccccc45)C(=O)C1)C32. The summed E-state index contributed by atoms with van der Waals surface area (Å²) in [4.78, 5) is 27.6. The predicted molar refractivity (Wildman–Crippen MR) is 87.3 cm³/mol. The van der Waals surface area contributed by atoms with E-state index in [0.717, 1.165) is 37.0 Å². The summed E-state index contributed by atoms with van der Waals surface area (Å²) in [5.74, 6) is 0.465. The average molecular weight is 308 g/mol. The minimum Gasteiger partial charge on any atom is -0.333 e. The highest BCUT2D eigenvalue weighted by Gasteiger charge is 2.54. The minimum absolute atomic E-state index is 0.0649. The third kappa shape index (κ3) is 1.47. The van der Waals surface area contributed by atoms with Crippen molar-refractivity contribution in [2.75, 3.05) is 6.54 Å². The Labute approximate surface area is 135 Å². The Morgan fingerprint density at radius 1 is 1.17 bits per heavy atom. The number of hydrogen-bond acceptors (Lipinski definition) is 2. The van der Waals surface area contributed by atoms with Gasteiger partial charge in [-0.3, -0.25) is 14.2 Å². The molecule has 4 nitrogen and oxygen atoms in total. The first-order valence-corrected chi connectivity index (χ1v) is 8.61. The molecule has 3 aliphatic rings. The molecule has 2 aromatic rings. The molecule has 1 amide bonds. The van der Waals surface area contributed by atoms with Gasteiger partial charge in [0.25, 0.3) is 0 Å². The largest absolute Gasteiger partial charge is 0.333 e. The molecule has 0 spiro atoms. The summed E-state index contributed by atoms with van der Waals surface area (Å²) in [7, 11) is 0. The quantitative estimate of drug-likeness (QED) is 0.811. The van der Waals surface area contributed by atoms with Crippen molar-refractivity contribution in [1.82, 2.24) is 9.47 Å². The van der Waals surface area contributed by atoms with E-state index in [2.05, 4.69) is 17.9 Å². The van der Waals surface area contributed by atoms with Gasteiger partial charge in [-0.25, -0.2) is 0 Å². The molecule has 2 unspecified atom stereocenters. The molecule has 5 rings (SSSR count). The van der Waals surface area contributed by atoms with Crippen LogP contribution < -0.4 is 0 Å². The van der Waals surface area contributed by atoms with Crippen LogP contribution in [0.2, 0.25) is 0 Å². The molecule has 0 radical (unpaired) electrons. The minimum atomic E-state index is -0.0649. The van der Waals surface area contributed by atoms with Crippen molar-refractivity contribution < 1.29 is 9.59 Å². The Morgan fingerprint density at radius 3 is 2.83 bits per heavy atom. The van der Waals surface area contributed by atoms with Crippen molar-refractivity contribution in [3.63, 3.8) is 0 Å². The number of aromatic nitrogens is 1. The van der Waals surface area contributed by atoms with E-state index in [1.54, 1.807) is 0 Å². The lowest BCUT2D eigenvalue weighted by Gasteiger charge is -2.54. The monoisotopic (exact) mass is 308 g/mol. The van der Waals surface area contributed by atoms with Crippen LogP contribution in [0.3, 0.4) is 0 Å². The standard InChI is InChI=1S/C19H20N2O2/c1-2-19-9-7-15(22)20-10-8-13-12-5-3-4-6-14(12)21(16(23)11-19)17(13)18(19)20/h3-6,18H,2,7-11H2,1H3. The van der Waals surface area contributed by atoms with Crippen LogP contribution in [0.4, 0.5) is 0 Å². The lowest BCUT2D eigenvalue weighted by molar-refractivity contribution is -0.146. The second-order valence-electron chi connectivity index (χ2n) is 7.24. The summed E-state index contributed by atoms with van der Waals surface area (Å²) in [5.41, 5.74) is 3.36. The molecule has 0 N–H and O–H groups in total. The Balaban J connectivity index is 1.88. The van der Waals surface area contributed by atoms with Crippen molar-refractivity contribution >= 4 is 22.7 Å². The van der Waals surface area contributed by atoms with Crippen LogP contribution in [0.5, 0.6) is 0 Å². The molecule has 1 saturated heterocycles. The van der Waals surface area contributed by atoms with Gasteiger partial charge >= 0.3 is 0 Å². The molecule has 0 bridgehead atoms. The number of amides is 1. The van der Waals surface area contributed by atoms with Gasteiger partial charge in [-0.1, -0.05) is 25.1 Å². The number of rotatable bonds is 1. The van der Waals surface area contributed by atoms with Crippen molar-refractivity contribution in [3.05, 3.63) is 35.5 Å². The van der Waals surface area contributed by atoms with Gasteiger partial charge in [0.1, 0.15) is 0 Å². The molecule has 23 heavy (non-hydrogen) atoms. The van der Waals surface area contributed by atoms with Crippen molar-refractivity contribution in [2.45, 2.75) is 45.1 Å². The zero-order chi connectivity index (χ0) is 15.8. The molecule has 0 saturated carbocycles. The first kappa shape index (κ1) is 13.3. The van der Waals surface area contributed by atoms with Crippen LogP contribution in [0.15, 0.2) is 24.3 Å². The van der Waals surface area contributed by atoms with Gasteiger partial charge < -0.3 is 4.90 Å². The Bertz CT molecular complexity index is 866. The summed E-state index contributed by atoms with van der Waals surface area (Å²) in [6.45, 7) is 2.97. The first-order valence-electron chi connectivity index (χ1n) is 8.61. The van der Waals surface area contributed by atoms with Crippen LogP contribution in [0, 0.1) is 5.41 Å². The predicted octanol–water partition coefficient (Wildman–Crippen LogP) is 3.30. The van der Waals surface area contributed by atoms with Gasteiger partial charge in [0.05, 0.1) is 17.3 Å². The molecule has 4 heterocycles. The molecule has 1 fully saturated rings. The van der Waals surface area contributed by atoms with Crippen molar-refractivity contribution in [2.24, 2.45) is 5.41 Å². The molecule has 1 aromatic carbocycles. The first-order chi connectivity index (χ1) is 11.2. The van der Waals surface area contributed by atoms with Crippen LogP contribution in [-0.2, 0) is 11.2 Å². The molecular weight excluding hydrogens is 288 g/mol. The van der Waals surface area contributed by atoms with Crippen LogP contribution in [0.1, 0.15) is 54.7 Å². The van der Waals surface area contributed by atoms with Gasteiger partial charge in [-0.2, -0.15) is 0 Å². The molecule has 1 aromatic heterocycles. The maximum atomic E-state index is 13.0. The van der Waals surface area contributed by atoms with Crippen LogP contribution >= 0.6 is 0 Å². The van der Waals surface area contributed by atoms with E-state index in [0.29, 0.717) is 12.8 Å². The van der Waals surface area contributed by atoms with E-state index in [-0.39, 0.29) is 23.3 Å². The molecule has 118 valence electrons. The van der Waals surface area contributed by atoms with Gasteiger partial charge in [0.15, 0.2) is 0 Å². The van der Waals surface area contributed by atoms with Gasteiger partial charge in [-0.05, 0) is 30.9 Å². The normalized spacial score (nSPS) is 29.1. The highest BCUT2D eigenvalue weighted by atomic mass is 16.2. The number of benzene rings is 1. The summed E-state index contributed by atoms with van der Waals surface area (Å²) in [5, 5.41) is 1.19. The zero-order valence-corrected chi connectivity index (χ0v) is 13.3. The lowest BCUT2D eigenvalue weighted by atomic mass is 9.64. The van der Waals surface area contributed by atoms with Crippen molar-refractivity contribution in [3.8, 4) is 0 Å². The third-order valence-corrected chi connectivity index (χ3v) is 6.39. The average Bonchev–Trinajstić information content (AvgIpc) is 2.92. The second kappa shape index (κ2) is 4.25. The number of carbonyl (C=O) groups is 2. The Morgan fingerprint density at radius 2 is 2.00 bits per heavy atom. The van der Waals surface area contributed by atoms with E-state index in [9.17, 15) is 9.59 Å². The van der Waals surface area contributed by atoms with E-state index >= 15 is 0 Å². The van der Waals surface area contributed by atoms with Gasteiger partial charge in [-0.15, -0.1) is 0 Å². The summed E-state index contributed by atoms with van der Waals surface area (Å²) in [6.07, 6.45) is 3.80. The smallest absolute Gasteiger partial charge is 0.232 e. The third-order valence-electron chi connectivity index (χ3n) is 6.39. The maximum Gasteiger partial charge on any atom is 0.232 e. The highest BCUT2D eigenvalue weighted by molar-refractivity contribution is 5.98. The fraction of sp³-hybridized carbons (Fsp3) is 0.474. The number of fused-ring (bicyclic) bond motifs is 3. The summed E-state index contributed by atoms with van der Waals surface area (Å²) < 4.78 is 1.92. The Kier molecular flexibility index (Phi) is 2.47. The number of piperidine rings is 1. The van der Waals surface area contributed by atoms with E-state index < -0.39 is 0 Å². The molecule has 0 aliphatic carbocycles. The number of hydrogen-bond donors (Lipinski definition) is 0. The number of carbonyl (C=O) groups excluding carboxylic acids is 2. The van der Waals surface area contributed by atoms with Gasteiger partial charge in [0.2, 0.25) is 11.8 Å². The van der Waals surface area contributed by atoms with E-state index in [1.165, 1.54) is 10.9 Å². The van der Waals surface area contributed by atoms with Crippen molar-refractivity contribution in [1.29, 1.82) is 0 Å². The molecule has 2 atom stereocenters. The maximum absolute atomic E-state index is 13.0. The summed E-state index contributed by atoms with van der Waals surface area (Å²) in [6, 6.07) is 8.29. The fourth-order valence-corrected chi connectivity index (χ4v) is 5.24. The van der Waals surface area contributed by atoms with Gasteiger partial charge in [0, 0.05) is 30.2 Å². The molecule has 4 heteroatoms. The second-order valence-corrected chi connectivity index (χ2v) is 7.24. The van der Waals surface area contributed by atoms with E-state index in [4.69, 9.17) is 0 Å². The zero-order valence-electron chi connectivity index (χ0n) is 13.3. The topological polar surface area (TPSA) is 42.3 Å². The lowest BCUT2D eigenvalue weighted by Crippen LogP contribution is -2.55. The number of para-hydroxylation sites is 1. The number of nitrogens with zero attached hydrogens (tertiary/aromatic N) is 2. The van der Waals surface area contributed by atoms with Crippen LogP contribution in [0.25, 0.3) is 10.9 Å². The van der Waals surface area contributed by atoms with Crippen LogP contribution in [-0.4, -0.2) is 27.8 Å².